The number of aliphatic imine (C=N–C) groups is 1. The topological polar surface area (TPSA) is 62.5 Å². The van der Waals surface area contributed by atoms with E-state index >= 15 is 0 Å². The van der Waals surface area contributed by atoms with E-state index in [0.29, 0.717) is 24.9 Å². The second-order valence-corrected chi connectivity index (χ2v) is 8.04. The Balaban J connectivity index is 0.00000364. The molecule has 0 saturated heterocycles. The van der Waals surface area contributed by atoms with Gasteiger partial charge in [0.05, 0.1) is 12.7 Å². The van der Waals surface area contributed by atoms with E-state index in [1.807, 2.05) is 12.1 Å². The monoisotopic (exact) mass is 488 g/mol. The zero-order valence-corrected chi connectivity index (χ0v) is 19.2. The highest BCUT2D eigenvalue weighted by molar-refractivity contribution is 14.0. The average Bonchev–Trinajstić information content (AvgIpc) is 3.04. The van der Waals surface area contributed by atoms with Crippen LogP contribution in [0, 0.1) is 5.82 Å². The van der Waals surface area contributed by atoms with E-state index in [2.05, 4.69) is 55.2 Å². The van der Waals surface area contributed by atoms with E-state index in [1.54, 1.807) is 13.2 Å². The summed E-state index contributed by atoms with van der Waals surface area (Å²) in [7, 11) is 1.72. The first-order valence-corrected chi connectivity index (χ1v) is 8.77. The maximum Gasteiger partial charge on any atom is 0.213 e. The van der Waals surface area contributed by atoms with Gasteiger partial charge >= 0.3 is 0 Å². The molecule has 0 saturated carbocycles. The van der Waals surface area contributed by atoms with Crippen LogP contribution in [0.3, 0.4) is 0 Å². The van der Waals surface area contributed by atoms with Crippen molar-refractivity contribution in [3.05, 3.63) is 53.5 Å². The molecule has 0 radical (unpaired) electrons. The molecule has 0 unspecified atom stereocenters. The lowest BCUT2D eigenvalue weighted by molar-refractivity contribution is 0.379. The first kappa shape index (κ1) is 23.4. The van der Waals surface area contributed by atoms with Crippen LogP contribution in [0.25, 0.3) is 0 Å². The molecule has 1 heterocycles. The van der Waals surface area contributed by atoms with E-state index in [0.717, 1.165) is 11.3 Å². The Bertz CT molecular complexity index is 748. The van der Waals surface area contributed by atoms with Crippen molar-refractivity contribution < 1.29 is 8.81 Å². The van der Waals surface area contributed by atoms with E-state index in [1.165, 1.54) is 12.1 Å². The Morgan fingerprint density at radius 2 is 1.74 bits per heavy atom. The first-order chi connectivity index (χ1) is 12.1. The molecular formula is C20H30FIN4O. The summed E-state index contributed by atoms with van der Waals surface area (Å²) >= 11 is 0. The van der Waals surface area contributed by atoms with Crippen LogP contribution in [0.5, 0.6) is 0 Å². The van der Waals surface area contributed by atoms with Gasteiger partial charge in [-0.15, -0.1) is 24.0 Å². The molecule has 2 aromatic rings. The van der Waals surface area contributed by atoms with Crippen LogP contribution in [0.1, 0.15) is 51.8 Å². The molecule has 2 N–H and O–H groups in total. The Labute approximate surface area is 178 Å². The van der Waals surface area contributed by atoms with Crippen molar-refractivity contribution in [2.24, 2.45) is 4.99 Å². The summed E-state index contributed by atoms with van der Waals surface area (Å²) in [6, 6.07) is 6.60. The number of nitrogens with zero attached hydrogens (tertiary/aromatic N) is 2. The molecule has 0 aliphatic carbocycles. The van der Waals surface area contributed by atoms with Gasteiger partial charge in [0.2, 0.25) is 5.89 Å². The van der Waals surface area contributed by atoms with Crippen molar-refractivity contribution in [1.29, 1.82) is 0 Å². The predicted molar refractivity (Wildman–Crippen MR) is 118 cm³/mol. The lowest BCUT2D eigenvalue weighted by Crippen LogP contribution is -2.43. The van der Waals surface area contributed by atoms with E-state index in [9.17, 15) is 4.39 Å². The van der Waals surface area contributed by atoms with Gasteiger partial charge in [-0.25, -0.2) is 9.37 Å². The Morgan fingerprint density at radius 3 is 2.26 bits per heavy atom. The standard InChI is InChI=1S/C20H29FN4O.HI/c1-19(2,3)16-11-23-17(26-16)12-24-18(22-6)25-13-20(4,5)14-7-9-15(21)10-8-14;/h7-11H,12-13H2,1-6H3,(H2,22,24,25);1H. The number of halogens is 2. The molecule has 0 atom stereocenters. The number of hydrogen-bond donors (Lipinski definition) is 2. The first-order valence-electron chi connectivity index (χ1n) is 8.77. The second kappa shape index (κ2) is 9.52. The van der Waals surface area contributed by atoms with Gasteiger partial charge in [0.15, 0.2) is 5.96 Å². The number of guanidine groups is 1. The predicted octanol–water partition coefficient (Wildman–Crippen LogP) is 4.37. The summed E-state index contributed by atoms with van der Waals surface area (Å²) in [4.78, 5) is 8.54. The highest BCUT2D eigenvalue weighted by atomic mass is 127. The summed E-state index contributed by atoms with van der Waals surface area (Å²) in [6.45, 7) is 11.6. The minimum atomic E-state index is -0.226. The molecule has 0 fully saturated rings. The van der Waals surface area contributed by atoms with E-state index in [-0.39, 0.29) is 40.6 Å². The SMILES string of the molecule is CN=C(NCc1ncc(C(C)(C)C)o1)NCC(C)(C)c1ccc(F)cc1.I. The van der Waals surface area contributed by atoms with Crippen LogP contribution in [0.15, 0.2) is 39.9 Å². The smallest absolute Gasteiger partial charge is 0.213 e. The minimum absolute atomic E-state index is 0. The van der Waals surface area contributed by atoms with Crippen LogP contribution in [-0.4, -0.2) is 24.5 Å². The third kappa shape index (κ3) is 6.79. The maximum atomic E-state index is 13.1. The molecular weight excluding hydrogens is 458 g/mol. The number of aromatic nitrogens is 1. The molecule has 5 nitrogen and oxygen atoms in total. The van der Waals surface area contributed by atoms with Gasteiger partial charge in [-0.3, -0.25) is 4.99 Å². The zero-order chi connectivity index (χ0) is 19.4. The summed E-state index contributed by atoms with van der Waals surface area (Å²) in [5, 5.41) is 6.51. The summed E-state index contributed by atoms with van der Waals surface area (Å²) in [6.07, 6.45) is 1.77. The van der Waals surface area contributed by atoms with Crippen LogP contribution in [0.2, 0.25) is 0 Å². The van der Waals surface area contributed by atoms with Crippen LogP contribution >= 0.6 is 24.0 Å². The quantitative estimate of drug-likeness (QED) is 0.373. The summed E-state index contributed by atoms with van der Waals surface area (Å²) in [5.41, 5.74) is 0.822. The van der Waals surface area contributed by atoms with Gasteiger partial charge in [0.25, 0.3) is 0 Å². The normalized spacial score (nSPS) is 12.5. The number of benzene rings is 1. The molecule has 0 aliphatic rings. The maximum absolute atomic E-state index is 13.1. The van der Waals surface area contributed by atoms with Crippen LogP contribution < -0.4 is 10.6 Å². The summed E-state index contributed by atoms with van der Waals surface area (Å²) in [5.74, 6) is 1.91. The van der Waals surface area contributed by atoms with Gasteiger partial charge < -0.3 is 15.1 Å². The van der Waals surface area contributed by atoms with E-state index < -0.39 is 0 Å². The van der Waals surface area contributed by atoms with Crippen LogP contribution in [0.4, 0.5) is 4.39 Å². The fourth-order valence-corrected chi connectivity index (χ4v) is 2.43. The molecule has 0 aliphatic heterocycles. The highest BCUT2D eigenvalue weighted by Gasteiger charge is 2.22. The lowest BCUT2D eigenvalue weighted by atomic mass is 9.84. The molecule has 2 rings (SSSR count). The highest BCUT2D eigenvalue weighted by Crippen LogP contribution is 2.23. The fraction of sp³-hybridized carbons (Fsp3) is 0.500. The van der Waals surface area contributed by atoms with Crippen molar-refractivity contribution in [3.8, 4) is 0 Å². The van der Waals surface area contributed by atoms with Gasteiger partial charge in [-0.2, -0.15) is 0 Å². The zero-order valence-electron chi connectivity index (χ0n) is 16.9. The molecule has 1 aromatic heterocycles. The number of rotatable bonds is 5. The van der Waals surface area contributed by atoms with Gasteiger partial charge in [-0.05, 0) is 17.7 Å². The molecule has 7 heteroatoms. The third-order valence-electron chi connectivity index (χ3n) is 4.25. The molecule has 0 spiro atoms. The minimum Gasteiger partial charge on any atom is -0.443 e. The Kier molecular flexibility index (Phi) is 8.25. The molecule has 0 amide bonds. The molecule has 1 aromatic carbocycles. The number of oxazole rings is 1. The number of nitrogens with one attached hydrogen (secondary N) is 2. The third-order valence-corrected chi connectivity index (χ3v) is 4.25. The fourth-order valence-electron chi connectivity index (χ4n) is 2.43. The van der Waals surface area contributed by atoms with Crippen molar-refractivity contribution in [1.82, 2.24) is 15.6 Å². The van der Waals surface area contributed by atoms with Crippen molar-refractivity contribution >= 4 is 29.9 Å². The molecule has 150 valence electrons. The number of hydrogen-bond acceptors (Lipinski definition) is 3. The van der Waals surface area contributed by atoms with Gasteiger partial charge in [-0.1, -0.05) is 46.8 Å². The van der Waals surface area contributed by atoms with Crippen molar-refractivity contribution in [3.63, 3.8) is 0 Å². The van der Waals surface area contributed by atoms with Crippen molar-refractivity contribution in [2.45, 2.75) is 52.0 Å². The van der Waals surface area contributed by atoms with Gasteiger partial charge in [0, 0.05) is 24.4 Å². The van der Waals surface area contributed by atoms with Gasteiger partial charge in [0.1, 0.15) is 11.6 Å². The van der Waals surface area contributed by atoms with E-state index in [4.69, 9.17) is 4.42 Å². The molecule has 0 bridgehead atoms. The second-order valence-electron chi connectivity index (χ2n) is 8.04. The van der Waals surface area contributed by atoms with Crippen LogP contribution in [-0.2, 0) is 17.4 Å². The Hall–Kier alpha value is -1.64. The molecule has 27 heavy (non-hydrogen) atoms. The average molecular weight is 488 g/mol. The van der Waals surface area contributed by atoms with Crippen molar-refractivity contribution in [2.75, 3.05) is 13.6 Å². The lowest BCUT2D eigenvalue weighted by Gasteiger charge is -2.26. The Morgan fingerprint density at radius 1 is 1.11 bits per heavy atom. The summed E-state index contributed by atoms with van der Waals surface area (Å²) < 4.78 is 18.9. The largest absolute Gasteiger partial charge is 0.443 e.